The van der Waals surface area contributed by atoms with Crippen LogP contribution in [0.3, 0.4) is 0 Å². The Labute approximate surface area is 115 Å². The first-order chi connectivity index (χ1) is 9.29. The third-order valence-electron chi connectivity index (χ3n) is 3.95. The second-order valence-corrected chi connectivity index (χ2v) is 5.39. The van der Waals surface area contributed by atoms with E-state index in [0.717, 1.165) is 32.1 Å². The van der Waals surface area contributed by atoms with Crippen molar-refractivity contribution in [1.82, 2.24) is 5.32 Å². The van der Waals surface area contributed by atoms with E-state index in [9.17, 15) is 9.90 Å². The molecule has 1 amide bonds. The first kappa shape index (κ1) is 14.1. The zero-order chi connectivity index (χ0) is 13.5. The maximum Gasteiger partial charge on any atom is 0.220 e. The summed E-state index contributed by atoms with van der Waals surface area (Å²) in [5, 5.41) is 12.3. The van der Waals surface area contributed by atoms with Crippen LogP contribution in [0.2, 0.25) is 0 Å². The predicted octanol–water partition coefficient (Wildman–Crippen LogP) is 2.29. The Morgan fingerprint density at radius 3 is 2.79 bits per heavy atom. The van der Waals surface area contributed by atoms with Crippen molar-refractivity contribution >= 4 is 5.91 Å². The van der Waals surface area contributed by atoms with Crippen LogP contribution in [0.1, 0.15) is 37.7 Å². The zero-order valence-corrected chi connectivity index (χ0v) is 11.3. The van der Waals surface area contributed by atoms with Gasteiger partial charge in [-0.1, -0.05) is 36.8 Å². The molecule has 2 N–H and O–H groups in total. The minimum absolute atomic E-state index is 0.126. The fraction of sp³-hybridized carbons (Fsp3) is 0.562. The van der Waals surface area contributed by atoms with Crippen LogP contribution in [0.4, 0.5) is 0 Å². The van der Waals surface area contributed by atoms with Gasteiger partial charge in [-0.25, -0.2) is 0 Å². The van der Waals surface area contributed by atoms with E-state index < -0.39 is 0 Å². The van der Waals surface area contributed by atoms with Gasteiger partial charge in [-0.2, -0.15) is 0 Å². The first-order valence-electron chi connectivity index (χ1n) is 7.23. The van der Waals surface area contributed by atoms with Gasteiger partial charge in [0.2, 0.25) is 5.91 Å². The molecule has 3 heteroatoms. The third-order valence-corrected chi connectivity index (χ3v) is 3.95. The van der Waals surface area contributed by atoms with Crippen LogP contribution in [0.25, 0.3) is 0 Å². The molecule has 0 aromatic heterocycles. The lowest BCUT2D eigenvalue weighted by Gasteiger charge is -2.18. The summed E-state index contributed by atoms with van der Waals surface area (Å²) in [6, 6.07) is 10.4. The van der Waals surface area contributed by atoms with Crippen LogP contribution >= 0.6 is 0 Å². The van der Waals surface area contributed by atoms with Crippen molar-refractivity contribution in [2.75, 3.05) is 6.61 Å². The van der Waals surface area contributed by atoms with Gasteiger partial charge in [-0.05, 0) is 31.2 Å². The minimum Gasteiger partial charge on any atom is -0.396 e. The molecule has 2 unspecified atom stereocenters. The number of rotatable bonds is 6. The van der Waals surface area contributed by atoms with Crippen molar-refractivity contribution in [1.29, 1.82) is 0 Å². The molecular weight excluding hydrogens is 238 g/mol. The average molecular weight is 261 g/mol. The van der Waals surface area contributed by atoms with E-state index in [0.29, 0.717) is 6.42 Å². The minimum atomic E-state index is 0.126. The summed E-state index contributed by atoms with van der Waals surface area (Å²) in [5.41, 5.74) is 1.28. The standard InChI is InChI=1S/C16H23NO2/c18-12-14-9-5-10-15(14)17-16(19)11-4-8-13-6-2-1-3-7-13/h1-3,6-7,14-15,18H,4-5,8-12H2,(H,17,19). The van der Waals surface area contributed by atoms with Gasteiger partial charge < -0.3 is 10.4 Å². The highest BCUT2D eigenvalue weighted by molar-refractivity contribution is 5.76. The van der Waals surface area contributed by atoms with Crippen LogP contribution in [0.5, 0.6) is 0 Å². The van der Waals surface area contributed by atoms with Crippen molar-refractivity contribution in [3.63, 3.8) is 0 Å². The van der Waals surface area contributed by atoms with Gasteiger partial charge >= 0.3 is 0 Å². The molecule has 0 aliphatic heterocycles. The molecule has 0 radical (unpaired) electrons. The second kappa shape index (κ2) is 7.29. The molecular formula is C16H23NO2. The largest absolute Gasteiger partial charge is 0.396 e. The van der Waals surface area contributed by atoms with Crippen LogP contribution in [0.15, 0.2) is 30.3 Å². The number of aliphatic hydroxyl groups is 1. The van der Waals surface area contributed by atoms with Gasteiger partial charge in [-0.3, -0.25) is 4.79 Å². The number of benzene rings is 1. The van der Waals surface area contributed by atoms with E-state index in [1.807, 2.05) is 18.2 Å². The lowest BCUT2D eigenvalue weighted by atomic mass is 10.0. The molecule has 1 fully saturated rings. The molecule has 1 aromatic rings. The molecule has 0 spiro atoms. The zero-order valence-electron chi connectivity index (χ0n) is 11.3. The molecule has 19 heavy (non-hydrogen) atoms. The highest BCUT2D eigenvalue weighted by Gasteiger charge is 2.27. The summed E-state index contributed by atoms with van der Waals surface area (Å²) < 4.78 is 0. The Hall–Kier alpha value is -1.35. The fourth-order valence-electron chi connectivity index (χ4n) is 2.82. The SMILES string of the molecule is O=C(CCCc1ccccc1)NC1CCCC1CO. The number of aryl methyl sites for hydroxylation is 1. The monoisotopic (exact) mass is 261 g/mol. The highest BCUT2D eigenvalue weighted by atomic mass is 16.3. The number of nitrogens with one attached hydrogen (secondary N) is 1. The van der Waals surface area contributed by atoms with Crippen molar-refractivity contribution in [2.45, 2.75) is 44.6 Å². The summed E-state index contributed by atoms with van der Waals surface area (Å²) in [7, 11) is 0. The molecule has 104 valence electrons. The Morgan fingerprint density at radius 1 is 1.26 bits per heavy atom. The number of hydrogen-bond donors (Lipinski definition) is 2. The number of amides is 1. The third kappa shape index (κ3) is 4.35. The van der Waals surface area contributed by atoms with E-state index in [-0.39, 0.29) is 24.5 Å². The van der Waals surface area contributed by atoms with E-state index in [2.05, 4.69) is 17.4 Å². The maximum atomic E-state index is 11.9. The summed E-state index contributed by atoms with van der Waals surface area (Å²) in [6.45, 7) is 0.189. The second-order valence-electron chi connectivity index (χ2n) is 5.39. The molecule has 3 nitrogen and oxygen atoms in total. The normalized spacial score (nSPS) is 22.4. The van der Waals surface area contributed by atoms with Crippen molar-refractivity contribution in [3.05, 3.63) is 35.9 Å². The molecule has 1 aliphatic rings. The Balaban J connectivity index is 1.67. The van der Waals surface area contributed by atoms with Crippen LogP contribution in [0, 0.1) is 5.92 Å². The summed E-state index contributed by atoms with van der Waals surface area (Å²) in [5.74, 6) is 0.388. The maximum absolute atomic E-state index is 11.9. The first-order valence-corrected chi connectivity index (χ1v) is 7.23. The van der Waals surface area contributed by atoms with Gasteiger partial charge in [0.1, 0.15) is 0 Å². The molecule has 1 aromatic carbocycles. The molecule has 1 aliphatic carbocycles. The van der Waals surface area contributed by atoms with Crippen LogP contribution < -0.4 is 5.32 Å². The van der Waals surface area contributed by atoms with Gasteiger partial charge in [0.15, 0.2) is 0 Å². The number of aliphatic hydroxyl groups excluding tert-OH is 1. The van der Waals surface area contributed by atoms with Gasteiger partial charge in [0.25, 0.3) is 0 Å². The summed E-state index contributed by atoms with van der Waals surface area (Å²) in [6.07, 6.45) is 5.56. The van der Waals surface area contributed by atoms with E-state index in [1.54, 1.807) is 0 Å². The van der Waals surface area contributed by atoms with E-state index >= 15 is 0 Å². The average Bonchev–Trinajstić information content (AvgIpc) is 2.87. The molecule has 2 rings (SSSR count). The van der Waals surface area contributed by atoms with Crippen LogP contribution in [-0.2, 0) is 11.2 Å². The molecule has 0 bridgehead atoms. The van der Waals surface area contributed by atoms with Crippen molar-refractivity contribution < 1.29 is 9.90 Å². The van der Waals surface area contributed by atoms with Gasteiger partial charge in [0, 0.05) is 25.0 Å². The molecule has 1 saturated carbocycles. The summed E-state index contributed by atoms with van der Waals surface area (Å²) in [4.78, 5) is 11.9. The van der Waals surface area contributed by atoms with Crippen LogP contribution in [-0.4, -0.2) is 23.7 Å². The quantitative estimate of drug-likeness (QED) is 0.825. The summed E-state index contributed by atoms with van der Waals surface area (Å²) >= 11 is 0. The van der Waals surface area contributed by atoms with E-state index in [1.165, 1.54) is 5.56 Å². The van der Waals surface area contributed by atoms with E-state index in [4.69, 9.17) is 0 Å². The topological polar surface area (TPSA) is 49.3 Å². The number of carbonyl (C=O) groups excluding carboxylic acids is 1. The Bertz CT molecular complexity index is 391. The smallest absolute Gasteiger partial charge is 0.220 e. The molecule has 0 saturated heterocycles. The lowest BCUT2D eigenvalue weighted by Crippen LogP contribution is -2.38. The fourth-order valence-corrected chi connectivity index (χ4v) is 2.82. The van der Waals surface area contributed by atoms with Gasteiger partial charge in [-0.15, -0.1) is 0 Å². The molecule has 2 atom stereocenters. The predicted molar refractivity (Wildman–Crippen MR) is 75.7 cm³/mol. The highest BCUT2D eigenvalue weighted by Crippen LogP contribution is 2.25. The number of carbonyl (C=O) groups is 1. The number of hydrogen-bond acceptors (Lipinski definition) is 2. The Morgan fingerprint density at radius 2 is 2.05 bits per heavy atom. The van der Waals surface area contributed by atoms with Gasteiger partial charge in [0.05, 0.1) is 0 Å². The van der Waals surface area contributed by atoms with Crippen molar-refractivity contribution in [2.24, 2.45) is 5.92 Å². The Kier molecular flexibility index (Phi) is 5.40. The lowest BCUT2D eigenvalue weighted by molar-refractivity contribution is -0.122. The van der Waals surface area contributed by atoms with Crippen molar-refractivity contribution in [3.8, 4) is 0 Å². The molecule has 0 heterocycles.